The fourth-order valence-electron chi connectivity index (χ4n) is 3.16. The zero-order valence-electron chi connectivity index (χ0n) is 12.6. The van der Waals surface area contributed by atoms with Crippen LogP contribution in [0, 0.1) is 0 Å². The molecule has 2 aliphatic rings. The largest absolute Gasteiger partial charge is 0.444 e. The first-order valence-corrected chi connectivity index (χ1v) is 7.69. The van der Waals surface area contributed by atoms with Crippen LogP contribution < -0.4 is 5.32 Å². The summed E-state index contributed by atoms with van der Waals surface area (Å²) in [6.45, 7) is 7.81. The van der Waals surface area contributed by atoms with E-state index in [9.17, 15) is 4.79 Å². The van der Waals surface area contributed by atoms with Crippen molar-refractivity contribution in [3.8, 4) is 0 Å². The summed E-state index contributed by atoms with van der Waals surface area (Å²) >= 11 is 0. The van der Waals surface area contributed by atoms with Crippen LogP contribution >= 0.6 is 0 Å². The van der Waals surface area contributed by atoms with E-state index in [4.69, 9.17) is 4.74 Å². The van der Waals surface area contributed by atoms with E-state index < -0.39 is 5.60 Å². The normalized spacial score (nSPS) is 25.3. The number of hydrogen-bond acceptors (Lipinski definition) is 3. The first-order chi connectivity index (χ1) is 8.97. The maximum Gasteiger partial charge on any atom is 0.410 e. The SMILES string of the molecule is CC(C)(C)OC(=O)N(C1CCCC1)C1CCCNC1. The summed E-state index contributed by atoms with van der Waals surface area (Å²) in [6.07, 6.45) is 6.88. The Bertz CT molecular complexity index is 300. The van der Waals surface area contributed by atoms with Crippen LogP contribution in [0.25, 0.3) is 0 Å². The van der Waals surface area contributed by atoms with Gasteiger partial charge in [-0.05, 0) is 53.0 Å². The molecule has 0 aromatic heterocycles. The molecule has 0 spiro atoms. The van der Waals surface area contributed by atoms with Crippen LogP contribution in [0.4, 0.5) is 4.79 Å². The fraction of sp³-hybridized carbons (Fsp3) is 0.933. The Balaban J connectivity index is 2.06. The van der Waals surface area contributed by atoms with Crippen LogP contribution in [0.15, 0.2) is 0 Å². The molecule has 2 fully saturated rings. The lowest BCUT2D eigenvalue weighted by molar-refractivity contribution is 0.00246. The van der Waals surface area contributed by atoms with Gasteiger partial charge in [0.25, 0.3) is 0 Å². The summed E-state index contributed by atoms with van der Waals surface area (Å²) in [6, 6.07) is 0.700. The highest BCUT2D eigenvalue weighted by Gasteiger charge is 2.35. The Hall–Kier alpha value is -0.770. The number of carbonyl (C=O) groups excluding carboxylic acids is 1. The van der Waals surface area contributed by atoms with Gasteiger partial charge in [0.1, 0.15) is 5.60 Å². The fourth-order valence-corrected chi connectivity index (χ4v) is 3.16. The number of amides is 1. The number of nitrogens with zero attached hydrogens (tertiary/aromatic N) is 1. The van der Waals surface area contributed by atoms with E-state index >= 15 is 0 Å². The summed E-state index contributed by atoms with van der Waals surface area (Å²) in [4.78, 5) is 14.6. The zero-order valence-corrected chi connectivity index (χ0v) is 12.6. The van der Waals surface area contributed by atoms with Gasteiger partial charge >= 0.3 is 6.09 Å². The zero-order chi connectivity index (χ0) is 13.9. The predicted octanol–water partition coefficient (Wildman–Crippen LogP) is 2.92. The van der Waals surface area contributed by atoms with Crippen molar-refractivity contribution in [3.63, 3.8) is 0 Å². The van der Waals surface area contributed by atoms with E-state index in [0.29, 0.717) is 12.1 Å². The number of piperidine rings is 1. The van der Waals surface area contributed by atoms with Gasteiger partial charge in [-0.15, -0.1) is 0 Å². The second kappa shape index (κ2) is 6.12. The third kappa shape index (κ3) is 4.10. The number of carbonyl (C=O) groups is 1. The van der Waals surface area contributed by atoms with Gasteiger partial charge in [-0.3, -0.25) is 0 Å². The summed E-state index contributed by atoms with van der Waals surface area (Å²) in [5, 5.41) is 3.41. The predicted molar refractivity (Wildman–Crippen MR) is 76.2 cm³/mol. The van der Waals surface area contributed by atoms with Crippen LogP contribution in [-0.4, -0.2) is 41.8 Å². The molecule has 1 heterocycles. The van der Waals surface area contributed by atoms with Gasteiger partial charge in [0.05, 0.1) is 0 Å². The lowest BCUT2D eigenvalue weighted by Crippen LogP contribution is -2.53. The molecule has 1 saturated carbocycles. The Morgan fingerprint density at radius 1 is 1.11 bits per heavy atom. The third-order valence-corrected chi connectivity index (χ3v) is 3.99. The van der Waals surface area contributed by atoms with Crippen molar-refractivity contribution in [1.82, 2.24) is 10.2 Å². The first-order valence-electron chi connectivity index (χ1n) is 7.69. The molecule has 0 radical (unpaired) electrons. The van der Waals surface area contributed by atoms with E-state index in [2.05, 4.69) is 5.32 Å². The van der Waals surface area contributed by atoms with Crippen molar-refractivity contribution in [2.24, 2.45) is 0 Å². The molecular formula is C15H28N2O2. The first kappa shape index (κ1) is 14.6. The van der Waals surface area contributed by atoms with Crippen molar-refractivity contribution < 1.29 is 9.53 Å². The Morgan fingerprint density at radius 2 is 1.74 bits per heavy atom. The lowest BCUT2D eigenvalue weighted by Gasteiger charge is -2.39. The summed E-state index contributed by atoms with van der Waals surface area (Å²) in [5.41, 5.74) is -0.407. The van der Waals surface area contributed by atoms with E-state index in [1.54, 1.807) is 0 Å². The Labute approximate surface area is 116 Å². The van der Waals surface area contributed by atoms with E-state index in [1.165, 1.54) is 12.8 Å². The minimum absolute atomic E-state index is 0.117. The lowest BCUT2D eigenvalue weighted by atomic mass is 10.0. The van der Waals surface area contributed by atoms with Gasteiger partial charge in [-0.2, -0.15) is 0 Å². The second-order valence-electron chi connectivity index (χ2n) is 6.83. The topological polar surface area (TPSA) is 41.6 Å². The van der Waals surface area contributed by atoms with E-state index in [1.807, 2.05) is 25.7 Å². The molecular weight excluding hydrogens is 240 g/mol. The third-order valence-electron chi connectivity index (χ3n) is 3.99. The highest BCUT2D eigenvalue weighted by Crippen LogP contribution is 2.28. The molecule has 1 unspecified atom stereocenters. The van der Waals surface area contributed by atoms with E-state index in [0.717, 1.165) is 38.8 Å². The summed E-state index contributed by atoms with van der Waals surface area (Å²) in [7, 11) is 0. The molecule has 1 saturated heterocycles. The molecule has 1 amide bonds. The van der Waals surface area contributed by atoms with Crippen LogP contribution in [0.5, 0.6) is 0 Å². The molecule has 1 aliphatic heterocycles. The van der Waals surface area contributed by atoms with Gasteiger partial charge in [0.15, 0.2) is 0 Å². The monoisotopic (exact) mass is 268 g/mol. The molecule has 4 nitrogen and oxygen atoms in total. The van der Waals surface area contributed by atoms with Crippen LogP contribution in [-0.2, 0) is 4.74 Å². The highest BCUT2D eigenvalue weighted by atomic mass is 16.6. The molecule has 1 atom stereocenters. The van der Waals surface area contributed by atoms with Crippen LogP contribution in [0.1, 0.15) is 59.3 Å². The Kier molecular flexibility index (Phi) is 4.71. The van der Waals surface area contributed by atoms with Gasteiger partial charge in [0, 0.05) is 18.6 Å². The smallest absolute Gasteiger partial charge is 0.410 e. The van der Waals surface area contributed by atoms with Crippen LogP contribution in [0.3, 0.4) is 0 Å². The highest BCUT2D eigenvalue weighted by molar-refractivity contribution is 5.69. The quantitative estimate of drug-likeness (QED) is 0.837. The van der Waals surface area contributed by atoms with Crippen molar-refractivity contribution in [1.29, 1.82) is 0 Å². The average molecular weight is 268 g/mol. The average Bonchev–Trinajstić information content (AvgIpc) is 2.82. The number of hydrogen-bond donors (Lipinski definition) is 1. The van der Waals surface area contributed by atoms with E-state index in [-0.39, 0.29) is 6.09 Å². The van der Waals surface area contributed by atoms with Gasteiger partial charge in [-0.25, -0.2) is 4.79 Å². The van der Waals surface area contributed by atoms with Crippen molar-refractivity contribution in [2.75, 3.05) is 13.1 Å². The number of ether oxygens (including phenoxy) is 1. The maximum atomic E-state index is 12.5. The molecule has 4 heteroatoms. The summed E-state index contributed by atoms with van der Waals surface area (Å²) in [5.74, 6) is 0. The van der Waals surface area contributed by atoms with Gasteiger partial charge in [0.2, 0.25) is 0 Å². The molecule has 19 heavy (non-hydrogen) atoms. The Morgan fingerprint density at radius 3 is 2.26 bits per heavy atom. The molecule has 1 aliphatic carbocycles. The minimum Gasteiger partial charge on any atom is -0.444 e. The molecule has 0 aromatic carbocycles. The molecule has 2 rings (SSSR count). The minimum atomic E-state index is -0.407. The van der Waals surface area contributed by atoms with Crippen LogP contribution in [0.2, 0.25) is 0 Å². The maximum absolute atomic E-state index is 12.5. The van der Waals surface area contributed by atoms with Crippen molar-refractivity contribution in [2.45, 2.75) is 77.0 Å². The standard InChI is InChI=1S/C15H28N2O2/c1-15(2,3)19-14(18)17(12-7-4-5-8-12)13-9-6-10-16-11-13/h12-13,16H,4-11H2,1-3H3. The van der Waals surface area contributed by atoms with Gasteiger partial charge < -0.3 is 15.0 Å². The summed E-state index contributed by atoms with van der Waals surface area (Å²) < 4.78 is 5.62. The number of rotatable bonds is 2. The number of nitrogens with one attached hydrogen (secondary N) is 1. The molecule has 0 bridgehead atoms. The molecule has 110 valence electrons. The molecule has 1 N–H and O–H groups in total. The van der Waals surface area contributed by atoms with Gasteiger partial charge in [-0.1, -0.05) is 12.8 Å². The van der Waals surface area contributed by atoms with Crippen molar-refractivity contribution in [3.05, 3.63) is 0 Å². The second-order valence-corrected chi connectivity index (χ2v) is 6.83. The molecule has 0 aromatic rings. The van der Waals surface area contributed by atoms with Crippen molar-refractivity contribution >= 4 is 6.09 Å².